The van der Waals surface area contributed by atoms with Crippen LogP contribution in [0.25, 0.3) is 22.2 Å². The maximum absolute atomic E-state index is 15.1. The first-order chi connectivity index (χ1) is 19.5. The number of hydrogen-bond acceptors (Lipinski definition) is 8. The highest BCUT2D eigenvalue weighted by atomic mass is 19.1. The second-order valence-electron chi connectivity index (χ2n) is 10.9. The smallest absolute Gasteiger partial charge is 0.229 e. The van der Waals surface area contributed by atoms with Crippen molar-refractivity contribution in [2.45, 2.75) is 51.5 Å². The summed E-state index contributed by atoms with van der Waals surface area (Å²) in [4.78, 5) is 19.2. The number of fused-ring (bicyclic) bond motifs is 1. The standard InChI is InChI=1S/C29H35F2N9/c1-2-9-38-10-12-39(13-11-38)18-19-7-8-25(33-16-19)35-29-34-17-24(31)26(36-29)21-14-22-27(23(30)15-21)37-40(32)28(22)20-5-3-4-6-20/h7-8,14-17,20H,2-6,9-13,18,32H2,1H3,(H,33,34,35,36). The van der Waals surface area contributed by atoms with Gasteiger partial charge in [-0.2, -0.15) is 4.79 Å². The van der Waals surface area contributed by atoms with E-state index in [-0.39, 0.29) is 23.1 Å². The molecule has 3 aromatic heterocycles. The van der Waals surface area contributed by atoms with Gasteiger partial charge in [0.2, 0.25) is 5.95 Å². The fourth-order valence-electron chi connectivity index (χ4n) is 6.01. The molecule has 0 atom stereocenters. The summed E-state index contributed by atoms with van der Waals surface area (Å²) in [5.74, 6) is 5.85. The molecule has 2 fully saturated rings. The van der Waals surface area contributed by atoms with Gasteiger partial charge in [-0.3, -0.25) is 4.90 Å². The largest absolute Gasteiger partial charge is 0.323 e. The Hall–Kier alpha value is -3.70. The molecule has 1 aromatic carbocycles. The van der Waals surface area contributed by atoms with Gasteiger partial charge in [-0.25, -0.2) is 23.7 Å². The number of benzene rings is 1. The van der Waals surface area contributed by atoms with Gasteiger partial charge in [0.25, 0.3) is 0 Å². The number of aromatic nitrogens is 5. The van der Waals surface area contributed by atoms with Crippen molar-refractivity contribution in [1.29, 1.82) is 0 Å². The number of piperazine rings is 1. The van der Waals surface area contributed by atoms with Gasteiger partial charge >= 0.3 is 0 Å². The van der Waals surface area contributed by atoms with Crippen molar-refractivity contribution in [3.8, 4) is 11.3 Å². The molecular formula is C29H35F2N9. The van der Waals surface area contributed by atoms with Crippen molar-refractivity contribution in [1.82, 2.24) is 34.6 Å². The molecule has 40 heavy (non-hydrogen) atoms. The lowest BCUT2D eigenvalue weighted by Gasteiger charge is -2.34. The lowest BCUT2D eigenvalue weighted by molar-refractivity contribution is 0.127. The number of nitrogens with zero attached hydrogens (tertiary/aromatic N) is 7. The Labute approximate surface area is 232 Å². The maximum Gasteiger partial charge on any atom is 0.229 e. The van der Waals surface area contributed by atoms with E-state index in [1.54, 1.807) is 6.07 Å². The van der Waals surface area contributed by atoms with Crippen LogP contribution in [0.3, 0.4) is 0 Å². The van der Waals surface area contributed by atoms with Crippen LogP contribution in [-0.2, 0) is 6.54 Å². The van der Waals surface area contributed by atoms with E-state index < -0.39 is 11.6 Å². The second kappa shape index (κ2) is 11.4. The van der Waals surface area contributed by atoms with E-state index in [1.165, 1.54) is 17.3 Å². The Morgan fingerprint density at radius 3 is 2.48 bits per heavy atom. The molecule has 210 valence electrons. The minimum atomic E-state index is -0.644. The molecule has 4 aromatic rings. The summed E-state index contributed by atoms with van der Waals surface area (Å²) in [5, 5.41) is 7.86. The van der Waals surface area contributed by atoms with Gasteiger partial charge in [-0.1, -0.05) is 25.8 Å². The third kappa shape index (κ3) is 5.48. The van der Waals surface area contributed by atoms with Crippen LogP contribution in [0.1, 0.15) is 56.2 Å². The summed E-state index contributed by atoms with van der Waals surface area (Å²) in [6.07, 6.45) is 8.25. The van der Waals surface area contributed by atoms with E-state index in [1.807, 2.05) is 18.3 Å². The van der Waals surface area contributed by atoms with Crippen molar-refractivity contribution in [2.75, 3.05) is 43.9 Å². The van der Waals surface area contributed by atoms with E-state index in [9.17, 15) is 4.39 Å². The lowest BCUT2D eigenvalue weighted by Crippen LogP contribution is -2.45. The van der Waals surface area contributed by atoms with Gasteiger partial charge in [0, 0.05) is 55.8 Å². The highest BCUT2D eigenvalue weighted by Crippen LogP contribution is 2.39. The Morgan fingerprint density at radius 1 is 0.975 bits per heavy atom. The average molecular weight is 548 g/mol. The molecule has 0 amide bonds. The van der Waals surface area contributed by atoms with Crippen LogP contribution < -0.4 is 11.2 Å². The number of pyridine rings is 1. The summed E-state index contributed by atoms with van der Waals surface area (Å²) in [6, 6.07) is 6.87. The number of halogens is 2. The van der Waals surface area contributed by atoms with Crippen molar-refractivity contribution in [3.05, 3.63) is 59.6 Å². The van der Waals surface area contributed by atoms with Crippen LogP contribution in [-0.4, -0.2) is 67.4 Å². The molecule has 1 aliphatic heterocycles. The zero-order valence-electron chi connectivity index (χ0n) is 22.8. The Kier molecular flexibility index (Phi) is 7.57. The van der Waals surface area contributed by atoms with Gasteiger partial charge in [-0.05, 0) is 49.6 Å². The van der Waals surface area contributed by atoms with Crippen molar-refractivity contribution in [2.24, 2.45) is 0 Å². The minimum Gasteiger partial charge on any atom is -0.323 e. The highest BCUT2D eigenvalue weighted by molar-refractivity contribution is 5.87. The van der Waals surface area contributed by atoms with E-state index in [4.69, 9.17) is 5.84 Å². The summed E-state index contributed by atoms with van der Waals surface area (Å²) >= 11 is 0. The first-order valence-electron chi connectivity index (χ1n) is 14.2. The number of rotatable bonds is 8. The fraction of sp³-hybridized carbons (Fsp3) is 0.448. The van der Waals surface area contributed by atoms with E-state index in [2.05, 4.69) is 42.1 Å². The average Bonchev–Trinajstić information content (AvgIpc) is 3.59. The highest BCUT2D eigenvalue weighted by Gasteiger charge is 2.26. The van der Waals surface area contributed by atoms with Gasteiger partial charge in [0.05, 0.1) is 11.9 Å². The number of hydrogen-bond donors (Lipinski definition) is 2. The van der Waals surface area contributed by atoms with Gasteiger partial charge < -0.3 is 16.1 Å². The van der Waals surface area contributed by atoms with Crippen LogP contribution in [0.5, 0.6) is 0 Å². The van der Waals surface area contributed by atoms with Gasteiger partial charge in [-0.15, -0.1) is 5.10 Å². The molecule has 9 nitrogen and oxygen atoms in total. The lowest BCUT2D eigenvalue weighted by atomic mass is 9.98. The molecule has 3 N–H and O–H groups in total. The van der Waals surface area contributed by atoms with Crippen LogP contribution in [0, 0.1) is 11.6 Å². The summed E-state index contributed by atoms with van der Waals surface area (Å²) in [7, 11) is 0. The van der Waals surface area contributed by atoms with E-state index >= 15 is 4.39 Å². The molecule has 0 bridgehead atoms. The molecule has 6 rings (SSSR count). The molecule has 0 spiro atoms. The van der Waals surface area contributed by atoms with E-state index in [0.717, 1.165) is 82.4 Å². The molecular weight excluding hydrogens is 512 g/mol. The normalized spacial score (nSPS) is 17.2. The molecule has 11 heteroatoms. The first-order valence-corrected chi connectivity index (χ1v) is 14.2. The number of nitrogen functional groups attached to an aromatic ring is 1. The zero-order valence-corrected chi connectivity index (χ0v) is 22.8. The predicted molar refractivity (Wildman–Crippen MR) is 152 cm³/mol. The number of nitrogens with one attached hydrogen (secondary N) is 1. The van der Waals surface area contributed by atoms with Crippen molar-refractivity contribution >= 4 is 22.7 Å². The SMILES string of the molecule is CCCN1CCN(Cc2ccc(Nc3ncc(F)c(-c4cc(F)c5nn(N)c(C6CCCC6)c5c4)n3)nc2)CC1. The van der Waals surface area contributed by atoms with Crippen LogP contribution >= 0.6 is 0 Å². The zero-order chi connectivity index (χ0) is 27.6. The summed E-state index contributed by atoms with van der Waals surface area (Å²) in [5.41, 5.74) is 2.40. The third-order valence-electron chi connectivity index (χ3n) is 8.03. The summed E-state index contributed by atoms with van der Waals surface area (Å²) < 4.78 is 30.1. The predicted octanol–water partition coefficient (Wildman–Crippen LogP) is 4.81. The first kappa shape index (κ1) is 26.5. The molecule has 1 saturated heterocycles. The Balaban J connectivity index is 1.19. The topological polar surface area (TPSA) is 101 Å². The molecule has 1 saturated carbocycles. The van der Waals surface area contributed by atoms with Crippen LogP contribution in [0.4, 0.5) is 20.5 Å². The molecule has 2 aliphatic rings. The second-order valence-corrected chi connectivity index (χ2v) is 10.9. The number of nitrogens with two attached hydrogens (primary N) is 1. The fourth-order valence-corrected chi connectivity index (χ4v) is 6.01. The Morgan fingerprint density at radius 2 is 1.75 bits per heavy atom. The third-order valence-corrected chi connectivity index (χ3v) is 8.03. The molecule has 4 heterocycles. The quantitative estimate of drug-likeness (QED) is 0.303. The summed E-state index contributed by atoms with van der Waals surface area (Å²) in [6.45, 7) is 8.51. The Bertz CT molecular complexity index is 1470. The molecule has 1 aliphatic carbocycles. The van der Waals surface area contributed by atoms with Crippen molar-refractivity contribution in [3.63, 3.8) is 0 Å². The molecule has 0 radical (unpaired) electrons. The van der Waals surface area contributed by atoms with Gasteiger partial charge in [0.15, 0.2) is 11.6 Å². The monoisotopic (exact) mass is 547 g/mol. The van der Waals surface area contributed by atoms with Crippen molar-refractivity contribution < 1.29 is 8.78 Å². The van der Waals surface area contributed by atoms with E-state index in [0.29, 0.717) is 16.8 Å². The maximum atomic E-state index is 15.1. The van der Waals surface area contributed by atoms with Crippen LogP contribution in [0.2, 0.25) is 0 Å². The number of anilines is 2. The van der Waals surface area contributed by atoms with Crippen LogP contribution in [0.15, 0.2) is 36.7 Å². The van der Waals surface area contributed by atoms with Gasteiger partial charge in [0.1, 0.15) is 17.0 Å². The molecule has 0 unspecified atom stereocenters. The minimum absolute atomic E-state index is 0.000668.